The molecule has 2 heteroatoms. The van der Waals surface area contributed by atoms with Gasteiger partial charge in [0, 0.05) is 24.3 Å². The van der Waals surface area contributed by atoms with Crippen LogP contribution in [0.2, 0.25) is 0 Å². The normalized spacial score (nSPS) is 17.2. The van der Waals surface area contributed by atoms with E-state index in [-0.39, 0.29) is 5.78 Å². The van der Waals surface area contributed by atoms with Crippen LogP contribution in [0.15, 0.2) is 24.3 Å². The Hall–Kier alpha value is -1.31. The summed E-state index contributed by atoms with van der Waals surface area (Å²) in [6, 6.07) is 8.03. The van der Waals surface area contributed by atoms with E-state index in [1.165, 1.54) is 18.5 Å². The first-order chi connectivity index (χ1) is 8.58. The first-order valence-electron chi connectivity index (χ1n) is 6.94. The summed E-state index contributed by atoms with van der Waals surface area (Å²) >= 11 is 0. The molecule has 0 N–H and O–H groups in total. The highest BCUT2D eigenvalue weighted by molar-refractivity contribution is 5.94. The molecule has 0 saturated carbocycles. The predicted molar refractivity (Wildman–Crippen MR) is 76.2 cm³/mol. The molecule has 18 heavy (non-hydrogen) atoms. The molecule has 1 aromatic carbocycles. The van der Waals surface area contributed by atoms with Gasteiger partial charge in [0.25, 0.3) is 0 Å². The van der Waals surface area contributed by atoms with Crippen LogP contribution in [0.3, 0.4) is 0 Å². The molecule has 1 fully saturated rings. The maximum Gasteiger partial charge on any atom is 0.159 e. The Kier molecular flexibility index (Phi) is 4.05. The fraction of sp³-hybridized carbons (Fsp3) is 0.562. The van der Waals surface area contributed by atoms with Crippen molar-refractivity contribution in [3.05, 3.63) is 29.8 Å². The number of Topliss-reactive ketones (excluding diaryl/α,β-unsaturated/α-hetero) is 1. The maximum atomic E-state index is 11.2. The highest BCUT2D eigenvalue weighted by Crippen LogP contribution is 2.27. The number of carbonyl (C=O) groups is 1. The van der Waals surface area contributed by atoms with Crippen molar-refractivity contribution >= 4 is 11.5 Å². The van der Waals surface area contributed by atoms with E-state index in [9.17, 15) is 4.79 Å². The van der Waals surface area contributed by atoms with E-state index in [0.29, 0.717) is 0 Å². The minimum absolute atomic E-state index is 0.139. The number of piperidine rings is 1. The molecule has 0 aromatic heterocycles. The summed E-state index contributed by atoms with van der Waals surface area (Å²) in [6.07, 6.45) is 2.57. The van der Waals surface area contributed by atoms with Crippen LogP contribution in [0.5, 0.6) is 0 Å². The second-order valence-electron chi connectivity index (χ2n) is 5.67. The van der Waals surface area contributed by atoms with Crippen LogP contribution in [0.4, 0.5) is 5.69 Å². The second kappa shape index (κ2) is 5.55. The van der Waals surface area contributed by atoms with E-state index >= 15 is 0 Å². The van der Waals surface area contributed by atoms with E-state index in [1.54, 1.807) is 6.92 Å². The van der Waals surface area contributed by atoms with Crippen molar-refractivity contribution in [3.8, 4) is 0 Å². The van der Waals surface area contributed by atoms with Gasteiger partial charge in [0.15, 0.2) is 5.78 Å². The average Bonchev–Trinajstić information content (AvgIpc) is 2.39. The highest BCUT2D eigenvalue weighted by Gasteiger charge is 2.21. The monoisotopic (exact) mass is 245 g/mol. The lowest BCUT2D eigenvalue weighted by Gasteiger charge is -2.35. The predicted octanol–water partition coefficient (Wildman–Crippen LogP) is 3.76. The van der Waals surface area contributed by atoms with Crippen molar-refractivity contribution in [2.75, 3.05) is 18.0 Å². The van der Waals surface area contributed by atoms with Gasteiger partial charge in [-0.1, -0.05) is 13.8 Å². The summed E-state index contributed by atoms with van der Waals surface area (Å²) in [7, 11) is 0. The third-order valence-corrected chi connectivity index (χ3v) is 4.12. The first kappa shape index (κ1) is 13.1. The molecule has 0 atom stereocenters. The molecule has 0 radical (unpaired) electrons. The summed E-state index contributed by atoms with van der Waals surface area (Å²) < 4.78 is 0. The number of benzene rings is 1. The second-order valence-corrected chi connectivity index (χ2v) is 5.67. The zero-order chi connectivity index (χ0) is 13.1. The van der Waals surface area contributed by atoms with Crippen LogP contribution < -0.4 is 4.90 Å². The van der Waals surface area contributed by atoms with Crippen molar-refractivity contribution < 1.29 is 4.79 Å². The van der Waals surface area contributed by atoms with Gasteiger partial charge in [0.1, 0.15) is 0 Å². The van der Waals surface area contributed by atoms with E-state index < -0.39 is 0 Å². The van der Waals surface area contributed by atoms with Gasteiger partial charge in [0.05, 0.1) is 0 Å². The van der Waals surface area contributed by atoms with Gasteiger partial charge in [-0.15, -0.1) is 0 Å². The lowest BCUT2D eigenvalue weighted by atomic mass is 9.86. The van der Waals surface area contributed by atoms with E-state index in [4.69, 9.17) is 0 Å². The Bertz CT molecular complexity index is 400. The zero-order valence-electron chi connectivity index (χ0n) is 11.6. The zero-order valence-corrected chi connectivity index (χ0v) is 11.6. The first-order valence-corrected chi connectivity index (χ1v) is 6.94. The minimum Gasteiger partial charge on any atom is -0.372 e. The number of ketones is 1. The number of hydrogen-bond donors (Lipinski definition) is 0. The van der Waals surface area contributed by atoms with Crippen LogP contribution in [0, 0.1) is 11.8 Å². The number of rotatable bonds is 3. The van der Waals surface area contributed by atoms with Gasteiger partial charge in [-0.3, -0.25) is 4.79 Å². The molecule has 1 heterocycles. The summed E-state index contributed by atoms with van der Waals surface area (Å²) in [5, 5.41) is 0. The number of carbonyl (C=O) groups excluding carboxylic acids is 1. The third-order valence-electron chi connectivity index (χ3n) is 4.12. The molecule has 1 aliphatic heterocycles. The van der Waals surface area contributed by atoms with Gasteiger partial charge in [-0.05, 0) is 55.9 Å². The number of anilines is 1. The molecule has 2 nitrogen and oxygen atoms in total. The van der Waals surface area contributed by atoms with E-state index in [2.05, 4.69) is 30.9 Å². The molecular formula is C16H23NO. The summed E-state index contributed by atoms with van der Waals surface area (Å²) in [5.41, 5.74) is 2.05. The molecule has 2 rings (SSSR count). The molecule has 0 bridgehead atoms. The fourth-order valence-corrected chi connectivity index (χ4v) is 2.73. The Labute approximate surface area is 110 Å². The summed E-state index contributed by atoms with van der Waals surface area (Å²) in [6.45, 7) is 8.54. The molecule has 0 aliphatic carbocycles. The Balaban J connectivity index is 1.99. The Morgan fingerprint density at radius 2 is 1.72 bits per heavy atom. The molecule has 98 valence electrons. The van der Waals surface area contributed by atoms with Gasteiger partial charge in [0.2, 0.25) is 0 Å². The van der Waals surface area contributed by atoms with Crippen molar-refractivity contribution in [1.29, 1.82) is 0 Å². The van der Waals surface area contributed by atoms with E-state index in [0.717, 1.165) is 30.5 Å². The molecule has 1 aliphatic rings. The molecule has 0 unspecified atom stereocenters. The van der Waals surface area contributed by atoms with Crippen LogP contribution in [0.1, 0.15) is 44.0 Å². The third kappa shape index (κ3) is 2.92. The fourth-order valence-electron chi connectivity index (χ4n) is 2.73. The van der Waals surface area contributed by atoms with Crippen LogP contribution in [0.25, 0.3) is 0 Å². The van der Waals surface area contributed by atoms with Crippen molar-refractivity contribution in [3.63, 3.8) is 0 Å². The van der Waals surface area contributed by atoms with Crippen molar-refractivity contribution in [2.24, 2.45) is 11.8 Å². The Morgan fingerprint density at radius 3 is 2.17 bits per heavy atom. The van der Waals surface area contributed by atoms with E-state index in [1.807, 2.05) is 12.1 Å². The van der Waals surface area contributed by atoms with Crippen LogP contribution >= 0.6 is 0 Å². The maximum absolute atomic E-state index is 11.2. The van der Waals surface area contributed by atoms with Gasteiger partial charge >= 0.3 is 0 Å². The quantitative estimate of drug-likeness (QED) is 0.756. The van der Waals surface area contributed by atoms with Gasteiger partial charge in [-0.25, -0.2) is 0 Å². The number of nitrogens with zero attached hydrogens (tertiary/aromatic N) is 1. The molecule has 1 saturated heterocycles. The molecule has 1 aromatic rings. The SMILES string of the molecule is CC(=O)c1ccc(N2CCC(C(C)C)CC2)cc1. The average molecular weight is 245 g/mol. The lowest BCUT2D eigenvalue weighted by Crippen LogP contribution is -2.35. The molecule has 0 amide bonds. The van der Waals surface area contributed by atoms with Crippen LogP contribution in [-0.2, 0) is 0 Å². The standard InChI is InChI=1S/C16H23NO/c1-12(2)14-8-10-17(11-9-14)16-6-4-15(5-7-16)13(3)18/h4-7,12,14H,8-11H2,1-3H3. The molecule has 0 spiro atoms. The summed E-state index contributed by atoms with van der Waals surface area (Å²) in [4.78, 5) is 13.7. The number of hydrogen-bond acceptors (Lipinski definition) is 2. The van der Waals surface area contributed by atoms with Crippen LogP contribution in [-0.4, -0.2) is 18.9 Å². The van der Waals surface area contributed by atoms with Gasteiger partial charge in [-0.2, -0.15) is 0 Å². The minimum atomic E-state index is 0.139. The lowest BCUT2D eigenvalue weighted by molar-refractivity contribution is 0.101. The van der Waals surface area contributed by atoms with Crippen molar-refractivity contribution in [2.45, 2.75) is 33.6 Å². The summed E-state index contributed by atoms with van der Waals surface area (Å²) in [5.74, 6) is 1.81. The molecular weight excluding hydrogens is 222 g/mol. The topological polar surface area (TPSA) is 20.3 Å². The Morgan fingerprint density at radius 1 is 1.17 bits per heavy atom. The van der Waals surface area contributed by atoms with Crippen molar-refractivity contribution in [1.82, 2.24) is 0 Å². The highest BCUT2D eigenvalue weighted by atomic mass is 16.1. The van der Waals surface area contributed by atoms with Gasteiger partial charge < -0.3 is 4.90 Å². The smallest absolute Gasteiger partial charge is 0.159 e. The largest absolute Gasteiger partial charge is 0.372 e.